The monoisotopic (exact) mass is 253 g/mol. The molecular weight excluding hydrogens is 234 g/mol. The van der Waals surface area contributed by atoms with E-state index in [9.17, 15) is 5.11 Å². The molecule has 19 heavy (non-hydrogen) atoms. The molecule has 98 valence electrons. The molecule has 0 aromatic heterocycles. The fourth-order valence-electron chi connectivity index (χ4n) is 2.29. The topological polar surface area (TPSA) is 32.6 Å². The zero-order chi connectivity index (χ0) is 14.0. The Bertz CT molecular complexity index is 619. The van der Waals surface area contributed by atoms with Crippen molar-refractivity contribution in [2.75, 3.05) is 0 Å². The average molecular weight is 253 g/mol. The standard InChI is InChI=1S/C17H19NO/c1-11-5-6-16(19)15(9-11)10-18-17-13(3)7-12(2)8-14(17)4/h5-10,19H,1-4H3. The smallest absolute Gasteiger partial charge is 0.124 e. The Hall–Kier alpha value is -2.09. The Morgan fingerprint density at radius 3 is 2.16 bits per heavy atom. The molecule has 2 aromatic rings. The number of hydrogen-bond acceptors (Lipinski definition) is 2. The van der Waals surface area contributed by atoms with Crippen LogP contribution < -0.4 is 0 Å². The lowest BCUT2D eigenvalue weighted by Gasteiger charge is -2.07. The second kappa shape index (κ2) is 5.27. The van der Waals surface area contributed by atoms with Gasteiger partial charge in [0.25, 0.3) is 0 Å². The predicted molar refractivity (Wildman–Crippen MR) is 80.8 cm³/mol. The summed E-state index contributed by atoms with van der Waals surface area (Å²) in [6.07, 6.45) is 1.73. The predicted octanol–water partition coefficient (Wildman–Crippen LogP) is 4.38. The Labute approximate surface area is 114 Å². The molecule has 0 atom stereocenters. The number of benzene rings is 2. The maximum atomic E-state index is 9.80. The molecule has 2 heteroatoms. The van der Waals surface area contributed by atoms with E-state index < -0.39 is 0 Å². The maximum absolute atomic E-state index is 9.80. The number of rotatable bonds is 2. The van der Waals surface area contributed by atoms with Crippen LogP contribution in [0.4, 0.5) is 5.69 Å². The summed E-state index contributed by atoms with van der Waals surface area (Å²) in [6, 6.07) is 9.75. The molecule has 1 N–H and O–H groups in total. The van der Waals surface area contributed by atoms with Gasteiger partial charge in [0.15, 0.2) is 0 Å². The highest BCUT2D eigenvalue weighted by Gasteiger charge is 2.03. The van der Waals surface area contributed by atoms with Gasteiger partial charge in [0.05, 0.1) is 5.69 Å². The lowest BCUT2D eigenvalue weighted by molar-refractivity contribution is 0.474. The third-order valence-corrected chi connectivity index (χ3v) is 3.15. The van der Waals surface area contributed by atoms with Crippen molar-refractivity contribution < 1.29 is 5.11 Å². The minimum atomic E-state index is 0.261. The molecule has 0 aliphatic carbocycles. The Morgan fingerprint density at radius 1 is 0.895 bits per heavy atom. The highest BCUT2D eigenvalue weighted by Crippen LogP contribution is 2.25. The molecule has 0 amide bonds. The van der Waals surface area contributed by atoms with Gasteiger partial charge in [-0.25, -0.2) is 0 Å². The molecule has 0 bridgehead atoms. The Morgan fingerprint density at radius 2 is 1.53 bits per heavy atom. The molecule has 2 nitrogen and oxygen atoms in total. The van der Waals surface area contributed by atoms with Crippen LogP contribution in [0, 0.1) is 27.7 Å². The van der Waals surface area contributed by atoms with Crippen LogP contribution >= 0.6 is 0 Å². The van der Waals surface area contributed by atoms with Crippen LogP contribution in [-0.4, -0.2) is 11.3 Å². The van der Waals surface area contributed by atoms with Crippen LogP contribution in [0.5, 0.6) is 5.75 Å². The van der Waals surface area contributed by atoms with Crippen LogP contribution in [0.3, 0.4) is 0 Å². The average Bonchev–Trinajstić information content (AvgIpc) is 2.32. The zero-order valence-corrected chi connectivity index (χ0v) is 11.9. The molecule has 0 saturated carbocycles. The van der Waals surface area contributed by atoms with Crippen molar-refractivity contribution in [2.24, 2.45) is 4.99 Å². The van der Waals surface area contributed by atoms with E-state index in [0.29, 0.717) is 0 Å². The van der Waals surface area contributed by atoms with E-state index >= 15 is 0 Å². The van der Waals surface area contributed by atoms with Crippen molar-refractivity contribution in [1.82, 2.24) is 0 Å². The highest BCUT2D eigenvalue weighted by molar-refractivity contribution is 5.86. The maximum Gasteiger partial charge on any atom is 0.124 e. The van der Waals surface area contributed by atoms with Crippen LogP contribution in [0.15, 0.2) is 35.3 Å². The summed E-state index contributed by atoms with van der Waals surface area (Å²) in [5.74, 6) is 0.261. The quantitative estimate of drug-likeness (QED) is 0.792. The van der Waals surface area contributed by atoms with Gasteiger partial charge < -0.3 is 5.11 Å². The summed E-state index contributed by atoms with van der Waals surface area (Å²) in [5.41, 5.74) is 6.39. The lowest BCUT2D eigenvalue weighted by Crippen LogP contribution is -1.87. The number of phenolic OH excluding ortho intramolecular Hbond substituents is 1. The van der Waals surface area contributed by atoms with Crippen LogP contribution in [0.2, 0.25) is 0 Å². The van der Waals surface area contributed by atoms with Crippen LogP contribution in [-0.2, 0) is 0 Å². The first-order valence-corrected chi connectivity index (χ1v) is 6.39. The van der Waals surface area contributed by atoms with Gasteiger partial charge >= 0.3 is 0 Å². The van der Waals surface area contributed by atoms with Gasteiger partial charge in [-0.05, 0) is 51.0 Å². The SMILES string of the molecule is Cc1cc(C)c(N=Cc2cc(C)ccc2O)c(C)c1. The molecule has 0 spiro atoms. The minimum Gasteiger partial charge on any atom is -0.507 e. The van der Waals surface area contributed by atoms with Crippen LogP contribution in [0.1, 0.15) is 27.8 Å². The molecule has 0 radical (unpaired) electrons. The first-order chi connectivity index (χ1) is 8.97. The number of hydrogen-bond donors (Lipinski definition) is 1. The number of aryl methyl sites for hydroxylation is 4. The van der Waals surface area contributed by atoms with E-state index in [0.717, 1.165) is 27.9 Å². The van der Waals surface area contributed by atoms with Gasteiger partial charge in [0.1, 0.15) is 5.75 Å². The van der Waals surface area contributed by atoms with E-state index in [-0.39, 0.29) is 5.75 Å². The van der Waals surface area contributed by atoms with Crippen LogP contribution in [0.25, 0.3) is 0 Å². The number of nitrogens with zero attached hydrogens (tertiary/aromatic N) is 1. The molecule has 0 fully saturated rings. The van der Waals surface area contributed by atoms with Gasteiger partial charge in [-0.2, -0.15) is 0 Å². The number of phenols is 1. The minimum absolute atomic E-state index is 0.261. The van der Waals surface area contributed by atoms with Crippen molar-refractivity contribution in [3.63, 3.8) is 0 Å². The van der Waals surface area contributed by atoms with Gasteiger partial charge in [0.2, 0.25) is 0 Å². The van der Waals surface area contributed by atoms with E-state index in [1.807, 2.05) is 19.1 Å². The fraction of sp³-hybridized carbons (Fsp3) is 0.235. The first kappa shape index (κ1) is 13.3. The van der Waals surface area contributed by atoms with Crippen molar-refractivity contribution in [3.05, 3.63) is 58.1 Å². The van der Waals surface area contributed by atoms with Crippen molar-refractivity contribution in [2.45, 2.75) is 27.7 Å². The second-order valence-electron chi connectivity index (χ2n) is 5.07. The van der Waals surface area contributed by atoms with Gasteiger partial charge in [-0.15, -0.1) is 0 Å². The van der Waals surface area contributed by atoms with Gasteiger partial charge in [-0.3, -0.25) is 4.99 Å². The third kappa shape index (κ3) is 3.02. The summed E-state index contributed by atoms with van der Waals surface area (Å²) in [4.78, 5) is 4.53. The molecule has 0 heterocycles. The first-order valence-electron chi connectivity index (χ1n) is 6.39. The fourth-order valence-corrected chi connectivity index (χ4v) is 2.29. The largest absolute Gasteiger partial charge is 0.507 e. The summed E-state index contributed by atoms with van der Waals surface area (Å²) in [7, 11) is 0. The van der Waals surface area contributed by atoms with Gasteiger partial charge in [-0.1, -0.05) is 29.3 Å². The summed E-state index contributed by atoms with van der Waals surface area (Å²) >= 11 is 0. The Kier molecular flexibility index (Phi) is 3.70. The summed E-state index contributed by atoms with van der Waals surface area (Å²) < 4.78 is 0. The normalized spacial score (nSPS) is 11.2. The second-order valence-corrected chi connectivity index (χ2v) is 5.07. The Balaban J connectivity index is 2.41. The molecule has 0 aliphatic rings. The van der Waals surface area contributed by atoms with Crippen molar-refractivity contribution in [3.8, 4) is 5.75 Å². The molecular formula is C17H19NO. The summed E-state index contributed by atoms with van der Waals surface area (Å²) in [6.45, 7) is 8.20. The molecule has 2 aromatic carbocycles. The molecule has 0 unspecified atom stereocenters. The molecule has 2 rings (SSSR count). The summed E-state index contributed by atoms with van der Waals surface area (Å²) in [5, 5.41) is 9.80. The van der Waals surface area contributed by atoms with Crippen molar-refractivity contribution >= 4 is 11.9 Å². The number of aromatic hydroxyl groups is 1. The lowest BCUT2D eigenvalue weighted by atomic mass is 10.1. The molecule has 0 aliphatic heterocycles. The highest BCUT2D eigenvalue weighted by atomic mass is 16.3. The third-order valence-electron chi connectivity index (χ3n) is 3.15. The van der Waals surface area contributed by atoms with Crippen molar-refractivity contribution in [1.29, 1.82) is 0 Å². The molecule has 0 saturated heterocycles. The van der Waals surface area contributed by atoms with E-state index in [4.69, 9.17) is 0 Å². The zero-order valence-electron chi connectivity index (χ0n) is 11.9. The number of aliphatic imine (C=N–C) groups is 1. The van der Waals surface area contributed by atoms with Gasteiger partial charge in [0, 0.05) is 11.8 Å². The van der Waals surface area contributed by atoms with E-state index in [1.165, 1.54) is 5.56 Å². The van der Waals surface area contributed by atoms with E-state index in [1.54, 1.807) is 12.3 Å². The van der Waals surface area contributed by atoms with E-state index in [2.05, 4.69) is 37.9 Å².